The molecule has 2 aromatic rings. The lowest BCUT2D eigenvalue weighted by Gasteiger charge is -2.39. The van der Waals surface area contributed by atoms with Crippen LogP contribution in [0.5, 0.6) is 5.75 Å². The zero-order valence-corrected chi connectivity index (χ0v) is 16.3. The molecule has 0 fully saturated rings. The first-order valence-electron chi connectivity index (χ1n) is 8.87. The molecule has 5 rings (SSSR count). The zero-order chi connectivity index (χ0) is 20.5. The summed E-state index contributed by atoms with van der Waals surface area (Å²) in [5.74, 6) is -0.543. The van der Waals surface area contributed by atoms with E-state index in [9.17, 15) is 13.5 Å². The number of carboxylic acid groups (broad SMARTS) is 1. The van der Waals surface area contributed by atoms with E-state index in [-0.39, 0.29) is 12.3 Å². The van der Waals surface area contributed by atoms with Gasteiger partial charge in [0, 0.05) is 13.0 Å². The van der Waals surface area contributed by atoms with Crippen molar-refractivity contribution in [2.75, 3.05) is 5.75 Å². The minimum absolute atomic E-state index is 0. The number of aliphatic carboxylic acids is 1. The largest absolute Gasteiger partial charge is 0.489 e. The predicted molar refractivity (Wildman–Crippen MR) is 110 cm³/mol. The Bertz CT molecular complexity index is 1000. The van der Waals surface area contributed by atoms with Gasteiger partial charge in [0.25, 0.3) is 5.97 Å². The van der Waals surface area contributed by atoms with Gasteiger partial charge in [0.1, 0.15) is 18.0 Å². The van der Waals surface area contributed by atoms with E-state index < -0.39 is 33.2 Å². The lowest BCUT2D eigenvalue weighted by molar-refractivity contribution is -0.134. The van der Waals surface area contributed by atoms with Crippen molar-refractivity contribution >= 4 is 15.8 Å². The number of benzene rings is 2. The van der Waals surface area contributed by atoms with Gasteiger partial charge in [-0.25, -0.2) is 8.42 Å². The molecule has 8 heteroatoms. The van der Waals surface area contributed by atoms with Crippen LogP contribution in [0.4, 0.5) is 0 Å². The first-order valence-corrected chi connectivity index (χ1v) is 10.5. The second-order valence-electron chi connectivity index (χ2n) is 7.10. The predicted octanol–water partition coefficient (Wildman–Crippen LogP) is 2.24. The lowest BCUT2D eigenvalue weighted by atomic mass is 9.77. The Labute approximate surface area is 171 Å². The van der Waals surface area contributed by atoms with Gasteiger partial charge in [0.2, 0.25) is 0 Å². The molecular formula is C21H27NO6S. The highest BCUT2D eigenvalue weighted by Crippen LogP contribution is 2.39. The molecule has 0 amide bonds. The Morgan fingerprint density at radius 1 is 1.24 bits per heavy atom. The number of ether oxygens (including phenoxy) is 1. The van der Waals surface area contributed by atoms with E-state index in [1.807, 2.05) is 12.1 Å². The Morgan fingerprint density at radius 3 is 2.62 bits per heavy atom. The summed E-state index contributed by atoms with van der Waals surface area (Å²) in [5, 5.41) is 18.6. The molecule has 0 spiro atoms. The van der Waals surface area contributed by atoms with Crippen LogP contribution in [0.2, 0.25) is 0 Å². The van der Waals surface area contributed by atoms with E-state index in [1.165, 1.54) is 0 Å². The second kappa shape index (κ2) is 8.52. The number of carboxylic acids is 1. The number of hydrogen-bond donors (Lipinski definition) is 3. The fourth-order valence-electron chi connectivity index (χ4n) is 3.59. The van der Waals surface area contributed by atoms with Crippen LogP contribution in [0.25, 0.3) is 0 Å². The fraction of sp³-hybridized carbons (Fsp3) is 0.381. The van der Waals surface area contributed by atoms with Gasteiger partial charge in [0.05, 0.1) is 10.6 Å². The molecule has 29 heavy (non-hydrogen) atoms. The Kier molecular flexibility index (Phi) is 6.72. The first-order chi connectivity index (χ1) is 13.1. The highest BCUT2D eigenvalue weighted by molar-refractivity contribution is 7.91. The Balaban J connectivity index is 0.000000552. The van der Waals surface area contributed by atoms with Gasteiger partial charge in [-0.3, -0.25) is 4.79 Å². The molecular weight excluding hydrogens is 394 g/mol. The van der Waals surface area contributed by atoms with E-state index in [1.54, 1.807) is 30.3 Å². The molecule has 2 atom stereocenters. The number of hydrogen-bond acceptors (Lipinski definition) is 6. The quantitative estimate of drug-likeness (QED) is 0.595. The molecule has 7 nitrogen and oxygen atoms in total. The molecule has 1 aliphatic carbocycles. The number of sulfone groups is 1. The smallest absolute Gasteiger partial charge is 0.300 e. The Hall–Kier alpha value is -2.42. The monoisotopic (exact) mass is 421 g/mol. The molecule has 0 saturated carbocycles. The first kappa shape index (κ1) is 22.9. The molecule has 0 radical (unpaired) electrons. The summed E-state index contributed by atoms with van der Waals surface area (Å²) >= 11 is 0. The van der Waals surface area contributed by atoms with Crippen LogP contribution < -0.4 is 10.5 Å². The topological polar surface area (TPSA) is 127 Å². The number of fused-ring (bicyclic) bond motifs is 3. The zero-order valence-electron chi connectivity index (χ0n) is 15.5. The normalized spacial score (nSPS) is 23.8. The van der Waals surface area contributed by atoms with Crippen molar-refractivity contribution in [2.24, 2.45) is 5.73 Å². The van der Waals surface area contributed by atoms with Gasteiger partial charge >= 0.3 is 0 Å². The number of rotatable bonds is 0. The van der Waals surface area contributed by atoms with Crippen LogP contribution in [0.3, 0.4) is 0 Å². The molecule has 0 aromatic heterocycles. The third-order valence-corrected chi connectivity index (χ3v) is 6.75. The highest BCUT2D eigenvalue weighted by atomic mass is 32.2. The molecule has 3 aliphatic rings. The maximum absolute atomic E-state index is 12.9. The third-order valence-electron chi connectivity index (χ3n) is 4.95. The van der Waals surface area contributed by atoms with Gasteiger partial charge in [0.15, 0.2) is 9.84 Å². The lowest BCUT2D eigenvalue weighted by Crippen LogP contribution is -2.53. The van der Waals surface area contributed by atoms with E-state index in [0.29, 0.717) is 30.8 Å². The van der Waals surface area contributed by atoms with Crippen molar-refractivity contribution in [1.82, 2.24) is 0 Å². The number of nitrogens with two attached hydrogens (primary N) is 1. The average Bonchev–Trinajstić information content (AvgIpc) is 2.62. The molecule has 6 bridgehead atoms. The summed E-state index contributed by atoms with van der Waals surface area (Å²) in [4.78, 5) is 9.19. The number of aliphatic hydroxyl groups is 1. The van der Waals surface area contributed by atoms with Crippen LogP contribution in [-0.4, -0.2) is 36.4 Å². The fourth-order valence-corrected chi connectivity index (χ4v) is 5.32. The van der Waals surface area contributed by atoms with Gasteiger partial charge in [-0.2, -0.15) is 0 Å². The van der Waals surface area contributed by atoms with Crippen LogP contribution in [0, 0.1) is 0 Å². The van der Waals surface area contributed by atoms with Crippen molar-refractivity contribution in [3.8, 4) is 5.75 Å². The Morgan fingerprint density at radius 2 is 1.93 bits per heavy atom. The van der Waals surface area contributed by atoms with E-state index in [0.717, 1.165) is 18.1 Å². The highest BCUT2D eigenvalue weighted by Gasteiger charge is 2.45. The summed E-state index contributed by atoms with van der Waals surface area (Å²) in [7, 11) is -3.69. The van der Waals surface area contributed by atoms with Crippen LogP contribution in [0.15, 0.2) is 47.4 Å². The minimum Gasteiger partial charge on any atom is -0.489 e. The average molecular weight is 422 g/mol. The molecule has 2 aliphatic heterocycles. The SMILES string of the molecule is C.CC(=O)O.NC1CCc2cc3ccc2C1(O)CS(=O)(=O)c1cccc(c1)CO3. The summed E-state index contributed by atoms with van der Waals surface area (Å²) in [6.07, 6.45) is 1.23. The molecule has 2 heterocycles. The van der Waals surface area contributed by atoms with Gasteiger partial charge in [-0.05, 0) is 53.8 Å². The van der Waals surface area contributed by atoms with Crippen LogP contribution in [-0.2, 0) is 33.3 Å². The van der Waals surface area contributed by atoms with Gasteiger partial charge in [-0.1, -0.05) is 25.6 Å². The van der Waals surface area contributed by atoms with Crippen LogP contribution in [0.1, 0.15) is 37.5 Å². The summed E-state index contributed by atoms with van der Waals surface area (Å²) < 4.78 is 31.6. The maximum atomic E-state index is 12.9. The maximum Gasteiger partial charge on any atom is 0.300 e. The summed E-state index contributed by atoms with van der Waals surface area (Å²) in [6.45, 7) is 1.38. The van der Waals surface area contributed by atoms with Crippen molar-refractivity contribution < 1.29 is 28.2 Å². The third kappa shape index (κ3) is 4.77. The summed E-state index contributed by atoms with van der Waals surface area (Å²) in [5.41, 5.74) is 6.81. The standard InChI is InChI=1S/C18H19NO4S.C2H4O2.CH4/c19-17-7-4-13-9-14-5-6-16(13)18(17,20)11-24(21,22)15-3-1-2-12(8-15)10-23-14;1-2(3)4;/h1-3,5-6,8-9,17,20H,4,7,10-11,19H2;1H3,(H,3,4);1H4. The van der Waals surface area contributed by atoms with Gasteiger partial charge in [-0.15, -0.1) is 0 Å². The molecule has 2 aromatic carbocycles. The van der Waals surface area contributed by atoms with E-state index in [4.69, 9.17) is 20.4 Å². The summed E-state index contributed by atoms with van der Waals surface area (Å²) in [6, 6.07) is 11.4. The van der Waals surface area contributed by atoms with Gasteiger partial charge < -0.3 is 20.7 Å². The van der Waals surface area contributed by atoms with Crippen molar-refractivity contribution in [2.45, 2.75) is 50.3 Å². The van der Waals surface area contributed by atoms with E-state index >= 15 is 0 Å². The minimum atomic E-state index is -3.69. The van der Waals surface area contributed by atoms with E-state index in [2.05, 4.69) is 0 Å². The second-order valence-corrected chi connectivity index (χ2v) is 9.09. The molecule has 2 unspecified atom stereocenters. The molecule has 158 valence electrons. The number of aryl methyl sites for hydroxylation is 1. The van der Waals surface area contributed by atoms with Crippen molar-refractivity contribution in [3.63, 3.8) is 0 Å². The van der Waals surface area contributed by atoms with Crippen molar-refractivity contribution in [3.05, 3.63) is 59.2 Å². The van der Waals surface area contributed by atoms with Crippen molar-refractivity contribution in [1.29, 1.82) is 0 Å². The molecule has 4 N–H and O–H groups in total. The number of carbonyl (C=O) groups is 1. The van der Waals surface area contributed by atoms with Crippen LogP contribution >= 0.6 is 0 Å². The molecule has 0 saturated heterocycles.